The molecule has 0 saturated heterocycles. The molecule has 1 aromatic heterocycles. The minimum Gasteiger partial charge on any atom is -0.383 e. The van der Waals surface area contributed by atoms with E-state index in [1.165, 1.54) is 0 Å². The highest BCUT2D eigenvalue weighted by Gasteiger charge is 2.27. The van der Waals surface area contributed by atoms with E-state index in [1.54, 1.807) is 30.5 Å². The first-order valence-corrected chi connectivity index (χ1v) is 12.4. The van der Waals surface area contributed by atoms with Gasteiger partial charge in [-0.1, -0.05) is 23.7 Å². The minimum atomic E-state index is -3.45. The van der Waals surface area contributed by atoms with Gasteiger partial charge in [-0.15, -0.1) is 0 Å². The van der Waals surface area contributed by atoms with Gasteiger partial charge in [0, 0.05) is 47.8 Å². The van der Waals surface area contributed by atoms with Crippen LogP contribution in [0.1, 0.15) is 24.8 Å². The maximum Gasteiger partial charge on any atom is 0.240 e. The van der Waals surface area contributed by atoms with Gasteiger partial charge in [-0.3, -0.25) is 9.78 Å². The van der Waals surface area contributed by atoms with Crippen molar-refractivity contribution in [2.45, 2.75) is 36.6 Å². The van der Waals surface area contributed by atoms with Gasteiger partial charge in [-0.2, -0.15) is 0 Å². The second-order valence-corrected chi connectivity index (χ2v) is 9.99. The lowest BCUT2D eigenvalue weighted by Crippen LogP contribution is -2.29. The number of hydrogen-bond acceptors (Lipinski definition) is 5. The largest absolute Gasteiger partial charge is 0.383 e. The fourth-order valence-corrected chi connectivity index (χ4v) is 4.82. The zero-order chi connectivity index (χ0) is 22.6. The average Bonchev–Trinajstić information content (AvgIpc) is 3.58. The summed E-state index contributed by atoms with van der Waals surface area (Å²) in [5, 5.41) is 7.83. The van der Waals surface area contributed by atoms with Crippen molar-refractivity contribution >= 4 is 44.1 Å². The number of fused-ring (bicyclic) bond motifs is 1. The van der Waals surface area contributed by atoms with E-state index in [2.05, 4.69) is 20.3 Å². The molecule has 3 N–H and O–H groups in total. The van der Waals surface area contributed by atoms with Crippen molar-refractivity contribution in [3.05, 3.63) is 65.3 Å². The van der Waals surface area contributed by atoms with E-state index in [4.69, 9.17) is 11.6 Å². The normalized spacial score (nSPS) is 13.8. The van der Waals surface area contributed by atoms with E-state index in [-0.39, 0.29) is 16.8 Å². The van der Waals surface area contributed by atoms with Crippen LogP contribution in [0.25, 0.3) is 10.9 Å². The van der Waals surface area contributed by atoms with Crippen molar-refractivity contribution in [1.29, 1.82) is 0 Å². The molecule has 1 aliphatic carbocycles. The van der Waals surface area contributed by atoms with Crippen molar-refractivity contribution < 1.29 is 13.2 Å². The summed E-state index contributed by atoms with van der Waals surface area (Å²) in [5.74, 6) is -0.0507. The number of carbonyl (C=O) groups excluding carboxylic acids is 1. The van der Waals surface area contributed by atoms with Gasteiger partial charge >= 0.3 is 0 Å². The highest BCUT2D eigenvalue weighted by atomic mass is 35.5. The van der Waals surface area contributed by atoms with E-state index in [9.17, 15) is 13.2 Å². The van der Waals surface area contributed by atoms with Crippen LogP contribution >= 0.6 is 11.6 Å². The predicted molar refractivity (Wildman–Crippen MR) is 126 cm³/mol. The standard InChI is InChI=1S/C23H25ClN4O3S/c24-17-4-9-20-21(11-12-25-22(20)15-17)26-13-14-27-23(29)10-3-16-1-7-19(8-2-16)32(30,31)28-18-5-6-18/h1-2,4,7-9,11-12,15,18,28H,3,5-6,10,13-14H2,(H,25,26)(H,27,29). The molecule has 4 rings (SSSR count). The monoisotopic (exact) mass is 472 g/mol. The Balaban J connectivity index is 1.20. The number of halogens is 1. The van der Waals surface area contributed by atoms with Crippen molar-refractivity contribution in [3.8, 4) is 0 Å². The molecule has 32 heavy (non-hydrogen) atoms. The van der Waals surface area contributed by atoms with Gasteiger partial charge in [0.2, 0.25) is 15.9 Å². The molecule has 0 unspecified atom stereocenters. The first kappa shape index (κ1) is 22.5. The number of aromatic nitrogens is 1. The maximum atomic E-state index is 12.2. The molecule has 0 bridgehead atoms. The molecule has 1 heterocycles. The summed E-state index contributed by atoms with van der Waals surface area (Å²) >= 11 is 6.02. The second-order valence-electron chi connectivity index (χ2n) is 7.84. The van der Waals surface area contributed by atoms with Crippen LogP contribution in [0.3, 0.4) is 0 Å². The zero-order valence-electron chi connectivity index (χ0n) is 17.5. The number of nitrogens with one attached hydrogen (secondary N) is 3. The van der Waals surface area contributed by atoms with Crippen LogP contribution in [0.4, 0.5) is 5.69 Å². The second kappa shape index (κ2) is 9.85. The Labute approximate surface area is 192 Å². The number of anilines is 1. The van der Waals surface area contributed by atoms with Crippen LogP contribution in [0.5, 0.6) is 0 Å². The lowest BCUT2D eigenvalue weighted by Gasteiger charge is -2.11. The number of carbonyl (C=O) groups is 1. The Hall–Kier alpha value is -2.68. The Bertz CT molecular complexity index is 1210. The highest BCUT2D eigenvalue weighted by molar-refractivity contribution is 7.89. The topological polar surface area (TPSA) is 100 Å². The number of rotatable bonds is 10. The molecule has 168 valence electrons. The van der Waals surface area contributed by atoms with Gasteiger partial charge in [0.1, 0.15) is 0 Å². The van der Waals surface area contributed by atoms with E-state index >= 15 is 0 Å². The summed E-state index contributed by atoms with van der Waals surface area (Å²) in [4.78, 5) is 16.7. The Morgan fingerprint density at radius 3 is 2.59 bits per heavy atom. The van der Waals surface area contributed by atoms with Crippen LogP contribution in [-0.4, -0.2) is 38.4 Å². The van der Waals surface area contributed by atoms with E-state index < -0.39 is 10.0 Å². The van der Waals surface area contributed by atoms with Gasteiger partial charge in [-0.25, -0.2) is 13.1 Å². The summed E-state index contributed by atoms with van der Waals surface area (Å²) < 4.78 is 27.1. The van der Waals surface area contributed by atoms with E-state index in [0.717, 1.165) is 35.0 Å². The third kappa shape index (κ3) is 5.97. The summed E-state index contributed by atoms with van der Waals surface area (Å²) in [6.45, 7) is 1.06. The lowest BCUT2D eigenvalue weighted by atomic mass is 10.1. The molecule has 0 aliphatic heterocycles. The third-order valence-electron chi connectivity index (χ3n) is 5.24. The summed E-state index contributed by atoms with van der Waals surface area (Å²) in [7, 11) is -3.45. The Morgan fingerprint density at radius 2 is 1.84 bits per heavy atom. The Morgan fingerprint density at radius 1 is 1.06 bits per heavy atom. The van der Waals surface area contributed by atoms with E-state index in [1.807, 2.05) is 24.3 Å². The molecule has 7 nitrogen and oxygen atoms in total. The van der Waals surface area contributed by atoms with Crippen LogP contribution in [-0.2, 0) is 21.2 Å². The quantitative estimate of drug-likeness (QED) is 0.392. The van der Waals surface area contributed by atoms with Gasteiger partial charge < -0.3 is 10.6 Å². The summed E-state index contributed by atoms with van der Waals surface area (Å²) in [6, 6.07) is 14.2. The number of nitrogens with zero attached hydrogens (tertiary/aromatic N) is 1. The van der Waals surface area contributed by atoms with Crippen LogP contribution in [0.2, 0.25) is 5.02 Å². The molecule has 1 saturated carbocycles. The number of aryl methyl sites for hydroxylation is 1. The van der Waals surface area contributed by atoms with Crippen LogP contribution in [0, 0.1) is 0 Å². The lowest BCUT2D eigenvalue weighted by molar-refractivity contribution is -0.120. The van der Waals surface area contributed by atoms with Crippen LogP contribution in [0.15, 0.2) is 59.6 Å². The highest BCUT2D eigenvalue weighted by Crippen LogP contribution is 2.24. The van der Waals surface area contributed by atoms with Crippen molar-refractivity contribution in [2.24, 2.45) is 0 Å². The van der Waals surface area contributed by atoms with Crippen molar-refractivity contribution in [3.63, 3.8) is 0 Å². The average molecular weight is 473 g/mol. The van der Waals surface area contributed by atoms with Gasteiger partial charge in [0.05, 0.1) is 10.4 Å². The number of benzene rings is 2. The molecule has 0 spiro atoms. The molecule has 1 fully saturated rings. The number of sulfonamides is 1. The molecule has 0 radical (unpaired) electrons. The predicted octanol–water partition coefficient (Wildman–Crippen LogP) is 3.49. The van der Waals surface area contributed by atoms with Gasteiger partial charge in [0.15, 0.2) is 0 Å². The molecule has 1 amide bonds. The summed E-state index contributed by atoms with van der Waals surface area (Å²) in [5.41, 5.74) is 2.67. The number of amides is 1. The van der Waals surface area contributed by atoms with Crippen molar-refractivity contribution in [2.75, 3.05) is 18.4 Å². The van der Waals surface area contributed by atoms with Crippen molar-refractivity contribution in [1.82, 2.24) is 15.0 Å². The molecule has 3 aromatic rings. The number of pyridine rings is 1. The minimum absolute atomic E-state index is 0.0507. The summed E-state index contributed by atoms with van der Waals surface area (Å²) in [6.07, 6.45) is 4.40. The smallest absolute Gasteiger partial charge is 0.240 e. The fourth-order valence-electron chi connectivity index (χ4n) is 3.34. The SMILES string of the molecule is O=C(CCc1ccc(S(=O)(=O)NC2CC2)cc1)NCCNc1ccnc2cc(Cl)ccc12. The zero-order valence-corrected chi connectivity index (χ0v) is 19.0. The molecule has 9 heteroatoms. The third-order valence-corrected chi connectivity index (χ3v) is 7.01. The number of hydrogen-bond donors (Lipinski definition) is 3. The van der Waals surface area contributed by atoms with Gasteiger partial charge in [-0.05, 0) is 61.2 Å². The van der Waals surface area contributed by atoms with E-state index in [0.29, 0.717) is 31.0 Å². The fraction of sp³-hybridized carbons (Fsp3) is 0.304. The molecule has 0 atom stereocenters. The van der Waals surface area contributed by atoms with Crippen LogP contribution < -0.4 is 15.4 Å². The molecule has 1 aliphatic rings. The first-order chi connectivity index (χ1) is 15.4. The molecular weight excluding hydrogens is 448 g/mol. The maximum absolute atomic E-state index is 12.2. The Kier molecular flexibility index (Phi) is 6.93. The molecular formula is C23H25ClN4O3S. The van der Waals surface area contributed by atoms with Gasteiger partial charge in [0.25, 0.3) is 0 Å². The molecule has 2 aromatic carbocycles. The first-order valence-electron chi connectivity index (χ1n) is 10.6.